The van der Waals surface area contributed by atoms with Crippen molar-refractivity contribution in [2.45, 2.75) is 31.3 Å². The van der Waals surface area contributed by atoms with E-state index in [4.69, 9.17) is 5.73 Å². The molecule has 2 aromatic rings. The van der Waals surface area contributed by atoms with Crippen LogP contribution in [0.4, 0.5) is 0 Å². The number of nitrogens with zero attached hydrogens (tertiary/aromatic N) is 2. The summed E-state index contributed by atoms with van der Waals surface area (Å²) >= 11 is 3.65. The molecule has 2 unspecified atom stereocenters. The maximum atomic E-state index is 6.06. The first kappa shape index (κ1) is 13.7. The van der Waals surface area contributed by atoms with E-state index >= 15 is 0 Å². The van der Waals surface area contributed by atoms with Crippen LogP contribution in [0.25, 0.3) is 10.9 Å². The van der Waals surface area contributed by atoms with Gasteiger partial charge in [-0.15, -0.1) is 0 Å². The van der Waals surface area contributed by atoms with Crippen LogP contribution in [0.2, 0.25) is 0 Å². The molecule has 2 aliphatic rings. The van der Waals surface area contributed by atoms with E-state index in [1.165, 1.54) is 36.8 Å². The molecule has 2 heterocycles. The van der Waals surface area contributed by atoms with Crippen LogP contribution in [0.1, 0.15) is 30.9 Å². The van der Waals surface area contributed by atoms with Crippen LogP contribution in [0.5, 0.6) is 0 Å². The van der Waals surface area contributed by atoms with Crippen molar-refractivity contribution in [3.8, 4) is 0 Å². The van der Waals surface area contributed by atoms with E-state index in [1.54, 1.807) is 0 Å². The Hall–Kier alpha value is -0.970. The van der Waals surface area contributed by atoms with E-state index in [-0.39, 0.29) is 0 Å². The highest BCUT2D eigenvalue weighted by molar-refractivity contribution is 9.10. The first-order valence-corrected chi connectivity index (χ1v) is 8.58. The largest absolute Gasteiger partial charge is 0.330 e. The molecule has 0 amide bonds. The van der Waals surface area contributed by atoms with Crippen LogP contribution in [0, 0.1) is 5.92 Å². The second-order valence-electron chi connectivity index (χ2n) is 6.23. The molecule has 0 spiro atoms. The molecule has 1 aromatic carbocycles. The van der Waals surface area contributed by atoms with Crippen molar-refractivity contribution in [2.75, 3.05) is 13.1 Å². The molecule has 21 heavy (non-hydrogen) atoms. The number of halogens is 1. The number of hydrogen-bond acceptors (Lipinski definition) is 3. The zero-order valence-electron chi connectivity index (χ0n) is 12.0. The Morgan fingerprint density at radius 2 is 2.10 bits per heavy atom. The van der Waals surface area contributed by atoms with E-state index in [0.29, 0.717) is 12.0 Å². The van der Waals surface area contributed by atoms with Crippen LogP contribution >= 0.6 is 15.9 Å². The normalized spacial score (nSPS) is 26.6. The lowest BCUT2D eigenvalue weighted by molar-refractivity contribution is 0.221. The fraction of sp³-hybridized carbons (Fsp3) is 0.471. The fourth-order valence-corrected chi connectivity index (χ4v) is 4.23. The third-order valence-electron chi connectivity index (χ3n) is 4.95. The molecule has 2 atom stereocenters. The molecule has 1 aliphatic heterocycles. The van der Waals surface area contributed by atoms with Gasteiger partial charge >= 0.3 is 0 Å². The average Bonchev–Trinajstić information content (AvgIpc) is 3.28. The van der Waals surface area contributed by atoms with Gasteiger partial charge in [0.1, 0.15) is 0 Å². The summed E-state index contributed by atoms with van der Waals surface area (Å²) in [6.07, 6.45) is 5.79. The van der Waals surface area contributed by atoms with Gasteiger partial charge in [-0.25, -0.2) is 0 Å². The minimum absolute atomic E-state index is 0.438. The molecule has 110 valence electrons. The molecule has 4 rings (SSSR count). The van der Waals surface area contributed by atoms with E-state index in [9.17, 15) is 0 Å². The van der Waals surface area contributed by atoms with Crippen molar-refractivity contribution in [1.82, 2.24) is 9.88 Å². The maximum Gasteiger partial charge on any atom is 0.0761 e. The summed E-state index contributed by atoms with van der Waals surface area (Å²) in [4.78, 5) is 7.35. The van der Waals surface area contributed by atoms with E-state index in [2.05, 4.69) is 44.0 Å². The smallest absolute Gasteiger partial charge is 0.0761 e. The topological polar surface area (TPSA) is 42.1 Å². The Balaban J connectivity index is 1.85. The van der Waals surface area contributed by atoms with E-state index in [0.717, 1.165) is 22.6 Å². The van der Waals surface area contributed by atoms with Gasteiger partial charge in [-0.05, 0) is 56.0 Å². The first-order chi connectivity index (χ1) is 10.3. The van der Waals surface area contributed by atoms with Gasteiger partial charge in [0.2, 0.25) is 0 Å². The molecule has 3 nitrogen and oxygen atoms in total. The Morgan fingerprint density at radius 3 is 2.86 bits per heavy atom. The highest BCUT2D eigenvalue weighted by Gasteiger charge is 2.42. The van der Waals surface area contributed by atoms with Gasteiger partial charge < -0.3 is 5.73 Å². The molecule has 4 heteroatoms. The monoisotopic (exact) mass is 345 g/mol. The number of hydrogen-bond donors (Lipinski definition) is 1. The Morgan fingerprint density at radius 1 is 1.24 bits per heavy atom. The molecule has 2 N–H and O–H groups in total. The highest BCUT2D eigenvalue weighted by Crippen LogP contribution is 2.45. The highest BCUT2D eigenvalue weighted by atomic mass is 79.9. The number of pyridine rings is 1. The lowest BCUT2D eigenvalue weighted by Gasteiger charge is -2.29. The standard InChI is InChI=1S/C17H20BrN3/c18-15-6-5-14(16-13(15)2-1-8-20-16)17-11(10-19)7-9-21(17)12-3-4-12/h1-2,5-6,8,11-12,17H,3-4,7,9-10,19H2. The first-order valence-electron chi connectivity index (χ1n) is 7.78. The van der Waals surface area contributed by atoms with Gasteiger partial charge in [0.15, 0.2) is 0 Å². The van der Waals surface area contributed by atoms with Crippen LogP contribution in [0.15, 0.2) is 34.9 Å². The fourth-order valence-electron chi connectivity index (χ4n) is 3.78. The number of nitrogens with two attached hydrogens (primary N) is 1. The predicted octanol–water partition coefficient (Wildman–Crippen LogP) is 3.48. The van der Waals surface area contributed by atoms with Gasteiger partial charge in [0.05, 0.1) is 5.52 Å². The van der Waals surface area contributed by atoms with E-state index in [1.807, 2.05) is 12.3 Å². The van der Waals surface area contributed by atoms with Crippen molar-refractivity contribution in [2.24, 2.45) is 11.7 Å². The molecular weight excluding hydrogens is 326 g/mol. The van der Waals surface area contributed by atoms with Gasteiger partial charge in [-0.3, -0.25) is 9.88 Å². The molecule has 1 saturated carbocycles. The Bertz CT molecular complexity index is 668. The summed E-state index contributed by atoms with van der Waals surface area (Å²) in [6.45, 7) is 1.94. The minimum Gasteiger partial charge on any atom is -0.330 e. The second kappa shape index (κ2) is 5.34. The molecule has 2 fully saturated rings. The van der Waals surface area contributed by atoms with Crippen LogP contribution in [-0.4, -0.2) is 29.0 Å². The predicted molar refractivity (Wildman–Crippen MR) is 89.1 cm³/mol. The van der Waals surface area contributed by atoms with Crippen molar-refractivity contribution in [3.05, 3.63) is 40.5 Å². The lowest BCUT2D eigenvalue weighted by atomic mass is 9.92. The number of aromatic nitrogens is 1. The maximum absolute atomic E-state index is 6.06. The second-order valence-corrected chi connectivity index (χ2v) is 7.09. The van der Waals surface area contributed by atoms with E-state index < -0.39 is 0 Å². The van der Waals surface area contributed by atoms with Crippen molar-refractivity contribution >= 4 is 26.8 Å². The third-order valence-corrected chi connectivity index (χ3v) is 5.64. The summed E-state index contributed by atoms with van der Waals surface area (Å²) in [5, 5.41) is 1.20. The number of likely N-dealkylation sites (tertiary alicyclic amines) is 1. The summed E-state index contributed by atoms with van der Waals surface area (Å²) < 4.78 is 1.12. The molecule has 0 bridgehead atoms. The Kier molecular flexibility index (Phi) is 3.48. The zero-order valence-corrected chi connectivity index (χ0v) is 13.6. The third kappa shape index (κ3) is 2.30. The zero-order chi connectivity index (χ0) is 14.4. The van der Waals surface area contributed by atoms with Crippen molar-refractivity contribution in [1.29, 1.82) is 0 Å². The quantitative estimate of drug-likeness (QED) is 0.925. The van der Waals surface area contributed by atoms with Crippen LogP contribution in [0.3, 0.4) is 0 Å². The summed E-state index contributed by atoms with van der Waals surface area (Å²) in [5.41, 5.74) is 8.54. The summed E-state index contributed by atoms with van der Waals surface area (Å²) in [5.74, 6) is 0.553. The van der Waals surface area contributed by atoms with Crippen LogP contribution < -0.4 is 5.73 Å². The summed E-state index contributed by atoms with van der Waals surface area (Å²) in [7, 11) is 0. The van der Waals surface area contributed by atoms with Gasteiger partial charge in [0, 0.05) is 28.1 Å². The molecular formula is C17H20BrN3. The number of rotatable bonds is 3. The molecule has 1 saturated heterocycles. The van der Waals surface area contributed by atoms with Crippen molar-refractivity contribution in [3.63, 3.8) is 0 Å². The Labute approximate surface area is 133 Å². The molecule has 0 radical (unpaired) electrons. The van der Waals surface area contributed by atoms with Crippen molar-refractivity contribution < 1.29 is 0 Å². The van der Waals surface area contributed by atoms with Gasteiger partial charge in [0.25, 0.3) is 0 Å². The molecule has 1 aliphatic carbocycles. The van der Waals surface area contributed by atoms with Gasteiger partial charge in [-0.2, -0.15) is 0 Å². The number of benzene rings is 1. The van der Waals surface area contributed by atoms with Crippen LogP contribution in [-0.2, 0) is 0 Å². The number of fused-ring (bicyclic) bond motifs is 1. The summed E-state index contributed by atoms with van der Waals surface area (Å²) in [6, 6.07) is 9.76. The SMILES string of the molecule is NCC1CCN(C2CC2)C1c1ccc(Br)c2cccnc12. The van der Waals surface area contributed by atoms with Gasteiger partial charge in [-0.1, -0.05) is 28.1 Å². The lowest BCUT2D eigenvalue weighted by Crippen LogP contribution is -2.30. The molecule has 1 aromatic heterocycles. The average molecular weight is 346 g/mol. The minimum atomic E-state index is 0.438.